The van der Waals surface area contributed by atoms with Gasteiger partial charge in [0.2, 0.25) is 9.84 Å². The third kappa shape index (κ3) is 1.73. The van der Waals surface area contributed by atoms with Crippen LogP contribution in [0, 0.1) is 0 Å². The van der Waals surface area contributed by atoms with Crippen LogP contribution in [0.15, 0.2) is 40.4 Å². The minimum Gasteiger partial charge on any atom is -0.215 e. The van der Waals surface area contributed by atoms with E-state index in [9.17, 15) is 8.42 Å². The summed E-state index contributed by atoms with van der Waals surface area (Å²) in [4.78, 5) is 1.27. The Morgan fingerprint density at radius 1 is 1.20 bits per heavy atom. The molecule has 0 amide bonds. The van der Waals surface area contributed by atoms with Crippen molar-refractivity contribution >= 4 is 9.84 Å². The summed E-state index contributed by atoms with van der Waals surface area (Å²) in [6.07, 6.45) is 0. The fourth-order valence-electron chi connectivity index (χ4n) is 1.08. The van der Waals surface area contributed by atoms with E-state index in [1.165, 1.54) is 19.2 Å². The molecule has 7 heteroatoms. The maximum absolute atomic E-state index is 11.9. The van der Waals surface area contributed by atoms with Gasteiger partial charge >= 0.3 is 0 Å². The Balaban J connectivity index is 2.54. The summed E-state index contributed by atoms with van der Waals surface area (Å²) in [6, 6.07) is 8.01. The number of sulfone groups is 1. The lowest BCUT2D eigenvalue weighted by Gasteiger charge is -1.97. The Hall–Kier alpha value is -1.76. The quantitative estimate of drug-likeness (QED) is 0.719. The van der Waals surface area contributed by atoms with Crippen LogP contribution in [-0.2, 0) is 16.9 Å². The van der Waals surface area contributed by atoms with Crippen molar-refractivity contribution in [3.63, 3.8) is 0 Å². The molecule has 1 heterocycles. The van der Waals surface area contributed by atoms with E-state index in [0.717, 1.165) is 4.80 Å². The highest BCUT2D eigenvalue weighted by Crippen LogP contribution is 2.15. The highest BCUT2D eigenvalue weighted by Gasteiger charge is 2.22. The molecule has 1 aromatic heterocycles. The molecule has 78 valence electrons. The Kier molecular flexibility index (Phi) is 2.24. The molecule has 0 spiro atoms. The molecule has 0 unspecified atom stereocenters. The second-order valence-electron chi connectivity index (χ2n) is 2.88. The van der Waals surface area contributed by atoms with Gasteiger partial charge in [-0.3, -0.25) is 0 Å². The fraction of sp³-hybridized carbons (Fsp3) is 0.125. The first kappa shape index (κ1) is 9.78. The summed E-state index contributed by atoms with van der Waals surface area (Å²) in [7, 11) is -2.11. The van der Waals surface area contributed by atoms with Gasteiger partial charge in [0.15, 0.2) is 0 Å². The van der Waals surface area contributed by atoms with Crippen molar-refractivity contribution in [2.45, 2.75) is 10.1 Å². The Bertz CT molecular complexity index is 561. The van der Waals surface area contributed by atoms with Gasteiger partial charge in [0.05, 0.1) is 11.9 Å². The molecule has 0 aliphatic carbocycles. The number of tetrazole rings is 1. The Morgan fingerprint density at radius 2 is 1.87 bits per heavy atom. The average Bonchev–Trinajstić information content (AvgIpc) is 2.67. The van der Waals surface area contributed by atoms with Gasteiger partial charge in [0.25, 0.3) is 5.16 Å². The summed E-state index contributed by atoms with van der Waals surface area (Å²) >= 11 is 0. The van der Waals surface area contributed by atoms with Crippen LogP contribution in [0.4, 0.5) is 0 Å². The molecule has 6 nitrogen and oxygen atoms in total. The van der Waals surface area contributed by atoms with E-state index in [0.29, 0.717) is 0 Å². The van der Waals surface area contributed by atoms with Gasteiger partial charge in [-0.05, 0) is 17.3 Å². The minimum absolute atomic E-state index is 0.165. The molecule has 0 fully saturated rings. The highest BCUT2D eigenvalue weighted by molar-refractivity contribution is 7.91. The zero-order valence-corrected chi connectivity index (χ0v) is 8.72. The summed E-state index contributed by atoms with van der Waals surface area (Å²) < 4.78 is 23.7. The fourth-order valence-corrected chi connectivity index (χ4v) is 2.18. The van der Waals surface area contributed by atoms with Crippen molar-refractivity contribution in [3.05, 3.63) is 30.3 Å². The van der Waals surface area contributed by atoms with E-state index in [1.54, 1.807) is 18.2 Å². The van der Waals surface area contributed by atoms with Crippen LogP contribution >= 0.6 is 0 Å². The summed E-state index contributed by atoms with van der Waals surface area (Å²) in [6.45, 7) is 0. The predicted molar refractivity (Wildman–Crippen MR) is 50.7 cm³/mol. The smallest absolute Gasteiger partial charge is 0.215 e. The lowest BCUT2D eigenvalue weighted by molar-refractivity contribution is 0.583. The summed E-state index contributed by atoms with van der Waals surface area (Å²) in [5.74, 6) is 0. The van der Waals surface area contributed by atoms with Gasteiger partial charge in [-0.2, -0.15) is 4.80 Å². The maximum atomic E-state index is 11.9. The van der Waals surface area contributed by atoms with Crippen molar-refractivity contribution in [1.82, 2.24) is 20.2 Å². The first-order valence-corrected chi connectivity index (χ1v) is 5.63. The molecule has 15 heavy (non-hydrogen) atoms. The van der Waals surface area contributed by atoms with Crippen LogP contribution in [0.2, 0.25) is 0 Å². The van der Waals surface area contributed by atoms with Crippen LogP contribution in [-0.4, -0.2) is 28.6 Å². The maximum Gasteiger partial charge on any atom is 0.293 e. The predicted octanol–water partition coefficient (Wildman–Crippen LogP) is 0.0429. The summed E-state index contributed by atoms with van der Waals surface area (Å²) in [5.41, 5.74) is 0. The molecule has 0 aliphatic rings. The van der Waals surface area contributed by atoms with Crippen molar-refractivity contribution < 1.29 is 8.42 Å². The monoisotopic (exact) mass is 224 g/mol. The van der Waals surface area contributed by atoms with Crippen molar-refractivity contribution in [2.24, 2.45) is 7.05 Å². The Labute approximate surface area is 86.5 Å². The molecule has 0 N–H and O–H groups in total. The number of hydrogen-bond acceptors (Lipinski definition) is 5. The zero-order chi connectivity index (χ0) is 10.9. The number of benzene rings is 1. The van der Waals surface area contributed by atoms with Gasteiger partial charge in [0.1, 0.15) is 0 Å². The van der Waals surface area contributed by atoms with Crippen molar-refractivity contribution in [2.75, 3.05) is 0 Å². The average molecular weight is 224 g/mol. The first-order valence-electron chi connectivity index (χ1n) is 4.15. The van der Waals surface area contributed by atoms with Crippen LogP contribution in [0.25, 0.3) is 0 Å². The number of nitrogens with zero attached hydrogens (tertiary/aromatic N) is 4. The number of rotatable bonds is 2. The van der Waals surface area contributed by atoms with E-state index < -0.39 is 9.84 Å². The van der Waals surface area contributed by atoms with Crippen LogP contribution in [0.5, 0.6) is 0 Å². The molecule has 0 bridgehead atoms. The molecule has 0 aliphatic heterocycles. The van der Waals surface area contributed by atoms with Crippen LogP contribution < -0.4 is 0 Å². The van der Waals surface area contributed by atoms with Crippen LogP contribution in [0.1, 0.15) is 0 Å². The molecule has 2 aromatic rings. The molecular weight excluding hydrogens is 216 g/mol. The van der Waals surface area contributed by atoms with Crippen LogP contribution in [0.3, 0.4) is 0 Å². The van der Waals surface area contributed by atoms with Gasteiger partial charge in [0, 0.05) is 0 Å². The SMILES string of the molecule is Cn1nnc(S(=O)(=O)c2ccccc2)n1. The minimum atomic E-state index is -3.62. The summed E-state index contributed by atoms with van der Waals surface area (Å²) in [5, 5.41) is 10.3. The topological polar surface area (TPSA) is 77.7 Å². The van der Waals surface area contributed by atoms with E-state index >= 15 is 0 Å². The van der Waals surface area contributed by atoms with Gasteiger partial charge < -0.3 is 0 Å². The molecular formula is C8H8N4O2S. The zero-order valence-electron chi connectivity index (χ0n) is 7.90. The second-order valence-corrected chi connectivity index (χ2v) is 4.72. The second kappa shape index (κ2) is 3.43. The standard InChI is InChI=1S/C8H8N4O2S/c1-12-10-8(9-11-12)15(13,14)7-5-3-2-4-6-7/h2-6H,1H3. The largest absolute Gasteiger partial charge is 0.293 e. The third-order valence-corrected chi connectivity index (χ3v) is 3.32. The van der Waals surface area contributed by atoms with E-state index in [-0.39, 0.29) is 10.1 Å². The van der Waals surface area contributed by atoms with Gasteiger partial charge in [-0.15, -0.1) is 5.10 Å². The van der Waals surface area contributed by atoms with Gasteiger partial charge in [-0.25, -0.2) is 8.42 Å². The normalized spacial score (nSPS) is 11.5. The molecule has 0 saturated heterocycles. The van der Waals surface area contributed by atoms with E-state index in [2.05, 4.69) is 15.4 Å². The molecule has 0 atom stereocenters. The molecule has 1 aromatic carbocycles. The molecule has 0 saturated carbocycles. The van der Waals surface area contributed by atoms with Crippen molar-refractivity contribution in [1.29, 1.82) is 0 Å². The van der Waals surface area contributed by atoms with Crippen molar-refractivity contribution in [3.8, 4) is 0 Å². The molecule has 2 rings (SSSR count). The number of aryl methyl sites for hydroxylation is 1. The van der Waals surface area contributed by atoms with E-state index in [1.807, 2.05) is 0 Å². The van der Waals surface area contributed by atoms with E-state index in [4.69, 9.17) is 0 Å². The number of hydrogen-bond donors (Lipinski definition) is 0. The number of aromatic nitrogens is 4. The lowest BCUT2D eigenvalue weighted by atomic mass is 10.4. The first-order chi connectivity index (χ1) is 7.10. The lowest BCUT2D eigenvalue weighted by Crippen LogP contribution is -2.04. The Morgan fingerprint density at radius 3 is 2.40 bits per heavy atom. The van der Waals surface area contributed by atoms with Gasteiger partial charge in [-0.1, -0.05) is 23.3 Å². The highest BCUT2D eigenvalue weighted by atomic mass is 32.2. The third-order valence-electron chi connectivity index (χ3n) is 1.78. The molecule has 0 radical (unpaired) electrons.